The van der Waals surface area contributed by atoms with Crippen LogP contribution >= 0.6 is 22.9 Å². The molecule has 2 aliphatic rings. The summed E-state index contributed by atoms with van der Waals surface area (Å²) in [5, 5.41) is 7.95. The summed E-state index contributed by atoms with van der Waals surface area (Å²) in [7, 11) is 0. The van der Waals surface area contributed by atoms with Gasteiger partial charge in [0.1, 0.15) is 28.8 Å². The van der Waals surface area contributed by atoms with Gasteiger partial charge in [-0.2, -0.15) is 0 Å². The largest absolute Gasteiger partial charge is 0.445 e. The monoisotopic (exact) mass is 576 g/mol. The smallest absolute Gasteiger partial charge is 0.410 e. The summed E-state index contributed by atoms with van der Waals surface area (Å²) in [6.45, 7) is 2.80. The van der Waals surface area contributed by atoms with Crippen molar-refractivity contribution in [2.45, 2.75) is 18.6 Å². The van der Waals surface area contributed by atoms with Crippen molar-refractivity contribution in [3.8, 4) is 23.5 Å². The third kappa shape index (κ3) is 6.26. The number of fused-ring (bicyclic) bond motifs is 1. The molecule has 6 rings (SSSR count). The second-order valence-corrected chi connectivity index (χ2v) is 10.6. The molecule has 5 heterocycles. The van der Waals surface area contributed by atoms with Crippen LogP contribution in [0, 0.1) is 11.8 Å². The molecular weight excluding hydrogens is 552 g/mol. The average molecular weight is 577 g/mol. The minimum absolute atomic E-state index is 0.0645. The number of nitrogens with one attached hydrogen (secondary N) is 2. The fraction of sp³-hybridized carbons (Fsp3) is 0.286. The molecule has 0 unspecified atom stereocenters. The summed E-state index contributed by atoms with van der Waals surface area (Å²) in [6, 6.07) is 12.7. The Balaban J connectivity index is 1.10. The van der Waals surface area contributed by atoms with Crippen LogP contribution in [0.3, 0.4) is 0 Å². The van der Waals surface area contributed by atoms with Gasteiger partial charge in [-0.15, -0.1) is 11.3 Å². The van der Waals surface area contributed by atoms with Crippen molar-refractivity contribution in [1.82, 2.24) is 25.2 Å². The molecule has 1 aromatic carbocycles. The Morgan fingerprint density at radius 2 is 2.08 bits per heavy atom. The Labute approximate surface area is 239 Å². The van der Waals surface area contributed by atoms with Gasteiger partial charge in [0.05, 0.1) is 34.5 Å². The van der Waals surface area contributed by atoms with E-state index < -0.39 is 0 Å². The highest BCUT2D eigenvalue weighted by molar-refractivity contribution is 7.19. The predicted octanol–water partition coefficient (Wildman–Crippen LogP) is 4.83. The fourth-order valence-electron chi connectivity index (χ4n) is 4.36. The summed E-state index contributed by atoms with van der Waals surface area (Å²) in [5.41, 5.74) is 0.755. The van der Waals surface area contributed by atoms with Crippen molar-refractivity contribution in [1.29, 1.82) is 0 Å². The van der Waals surface area contributed by atoms with Gasteiger partial charge in [-0.05, 0) is 30.3 Å². The highest BCUT2D eigenvalue weighted by Gasteiger charge is 2.28. The Kier molecular flexibility index (Phi) is 7.92. The van der Waals surface area contributed by atoms with Gasteiger partial charge in [-0.3, -0.25) is 5.32 Å². The third-order valence-electron chi connectivity index (χ3n) is 6.37. The minimum atomic E-state index is -0.288. The summed E-state index contributed by atoms with van der Waals surface area (Å²) in [5.74, 6) is 8.13. The van der Waals surface area contributed by atoms with Gasteiger partial charge in [0.25, 0.3) is 0 Å². The van der Waals surface area contributed by atoms with Crippen LogP contribution in [0.2, 0.25) is 5.02 Å². The quantitative estimate of drug-likeness (QED) is 0.323. The van der Waals surface area contributed by atoms with Gasteiger partial charge in [0.2, 0.25) is 5.88 Å². The SMILES string of the molecule is O=C(O[C@H]1CN[C@@H](C#Cc2cc3c(Nc4ccc(Oc5ccccn5)c(Cl)c4)ncnc3s2)C1)N1CCOCC1. The van der Waals surface area contributed by atoms with E-state index in [1.807, 2.05) is 24.3 Å². The summed E-state index contributed by atoms with van der Waals surface area (Å²) >= 11 is 7.96. The van der Waals surface area contributed by atoms with Crippen LogP contribution in [-0.4, -0.2) is 70.9 Å². The number of amides is 1. The molecule has 2 fully saturated rings. The number of thiophene rings is 1. The van der Waals surface area contributed by atoms with Crippen LogP contribution in [0.4, 0.5) is 16.3 Å². The topological polar surface area (TPSA) is 111 Å². The van der Waals surface area contributed by atoms with Gasteiger partial charge < -0.3 is 24.4 Å². The fourth-order valence-corrected chi connectivity index (χ4v) is 5.44. The maximum Gasteiger partial charge on any atom is 0.410 e. The molecule has 0 aliphatic carbocycles. The normalized spacial score (nSPS) is 18.7. The lowest BCUT2D eigenvalue weighted by Gasteiger charge is -2.27. The van der Waals surface area contributed by atoms with Crippen molar-refractivity contribution < 1.29 is 19.0 Å². The first-order valence-electron chi connectivity index (χ1n) is 12.8. The van der Waals surface area contributed by atoms with Gasteiger partial charge in [0.15, 0.2) is 0 Å². The standard InChI is InChI=1S/C28H25ClN6O4S/c29-23-14-19(5-7-24(23)39-25-3-1-2-8-30-25)34-26-22-15-21(40-27(22)33-17-32-26)6-4-18-13-20(16-31-18)38-28(36)35-9-11-37-12-10-35/h1-3,5,7-8,14-15,17-18,20,31H,9-13,16H2,(H,32,33,34)/t18-,20+/m0/s1. The van der Waals surface area contributed by atoms with E-state index in [1.54, 1.807) is 29.3 Å². The van der Waals surface area contributed by atoms with Crippen molar-refractivity contribution in [3.63, 3.8) is 0 Å². The number of morpholine rings is 1. The number of benzene rings is 1. The molecule has 2 atom stereocenters. The van der Waals surface area contributed by atoms with E-state index in [0.717, 1.165) is 20.8 Å². The zero-order valence-electron chi connectivity index (χ0n) is 21.3. The summed E-state index contributed by atoms with van der Waals surface area (Å²) < 4.78 is 16.7. The number of hydrogen-bond donors (Lipinski definition) is 2. The number of halogens is 1. The van der Waals surface area contributed by atoms with Crippen LogP contribution in [0.5, 0.6) is 11.6 Å². The molecule has 12 heteroatoms. The molecule has 2 aliphatic heterocycles. The highest BCUT2D eigenvalue weighted by Crippen LogP contribution is 2.34. The Hall–Kier alpha value is -3.95. The van der Waals surface area contributed by atoms with Crippen molar-refractivity contribution in [3.05, 3.63) is 64.9 Å². The first-order chi connectivity index (χ1) is 19.6. The molecular formula is C28H25ClN6O4S. The average Bonchev–Trinajstić information content (AvgIpc) is 3.61. The van der Waals surface area contributed by atoms with Crippen LogP contribution in [0.15, 0.2) is 55.0 Å². The number of aromatic nitrogens is 3. The Bertz CT molecular complexity index is 1570. The van der Waals surface area contributed by atoms with Crippen molar-refractivity contribution in [2.24, 2.45) is 0 Å². The van der Waals surface area contributed by atoms with Gasteiger partial charge >= 0.3 is 6.09 Å². The second kappa shape index (κ2) is 12.1. The number of hydrogen-bond acceptors (Lipinski definition) is 10. The lowest BCUT2D eigenvalue weighted by molar-refractivity contribution is 0.0156. The van der Waals surface area contributed by atoms with E-state index in [1.165, 1.54) is 17.7 Å². The summed E-state index contributed by atoms with van der Waals surface area (Å²) in [6.07, 6.45) is 3.32. The lowest BCUT2D eigenvalue weighted by Crippen LogP contribution is -2.42. The number of pyridine rings is 1. The van der Waals surface area contributed by atoms with E-state index in [-0.39, 0.29) is 18.2 Å². The molecule has 2 saturated heterocycles. The van der Waals surface area contributed by atoms with E-state index in [0.29, 0.717) is 61.7 Å². The zero-order valence-corrected chi connectivity index (χ0v) is 22.9. The summed E-state index contributed by atoms with van der Waals surface area (Å²) in [4.78, 5) is 28.7. The number of carbonyl (C=O) groups excluding carboxylic acids is 1. The zero-order chi connectivity index (χ0) is 27.3. The third-order valence-corrected chi connectivity index (χ3v) is 7.63. The first kappa shape index (κ1) is 26.3. The van der Waals surface area contributed by atoms with E-state index in [9.17, 15) is 4.79 Å². The minimum Gasteiger partial charge on any atom is -0.445 e. The van der Waals surface area contributed by atoms with Gasteiger partial charge in [0, 0.05) is 44.0 Å². The maximum absolute atomic E-state index is 12.4. The molecule has 0 bridgehead atoms. The lowest BCUT2D eigenvalue weighted by atomic mass is 10.2. The van der Waals surface area contributed by atoms with Crippen LogP contribution in [0.25, 0.3) is 10.2 Å². The Morgan fingerprint density at radius 1 is 1.18 bits per heavy atom. The molecule has 10 nitrogen and oxygen atoms in total. The van der Waals surface area contributed by atoms with Gasteiger partial charge in [-0.1, -0.05) is 29.5 Å². The first-order valence-corrected chi connectivity index (χ1v) is 14.0. The van der Waals surface area contributed by atoms with Crippen LogP contribution in [0.1, 0.15) is 11.3 Å². The molecule has 0 spiro atoms. The van der Waals surface area contributed by atoms with E-state index >= 15 is 0 Å². The van der Waals surface area contributed by atoms with Crippen LogP contribution in [-0.2, 0) is 9.47 Å². The molecule has 40 heavy (non-hydrogen) atoms. The van der Waals surface area contributed by atoms with Crippen LogP contribution < -0.4 is 15.4 Å². The maximum atomic E-state index is 12.4. The second-order valence-electron chi connectivity index (χ2n) is 9.16. The van der Waals surface area contributed by atoms with E-state index in [2.05, 4.69) is 37.4 Å². The highest BCUT2D eigenvalue weighted by atomic mass is 35.5. The molecule has 3 aromatic heterocycles. The number of rotatable bonds is 5. The predicted molar refractivity (Wildman–Crippen MR) is 152 cm³/mol. The number of ether oxygens (including phenoxy) is 3. The molecule has 0 radical (unpaired) electrons. The molecule has 0 saturated carbocycles. The van der Waals surface area contributed by atoms with E-state index in [4.69, 9.17) is 25.8 Å². The molecule has 4 aromatic rings. The number of carbonyl (C=O) groups is 1. The molecule has 204 valence electrons. The number of anilines is 2. The number of nitrogens with zero attached hydrogens (tertiary/aromatic N) is 4. The van der Waals surface area contributed by atoms with Crippen molar-refractivity contribution >= 4 is 50.8 Å². The van der Waals surface area contributed by atoms with Crippen molar-refractivity contribution in [2.75, 3.05) is 38.2 Å². The Morgan fingerprint density at radius 3 is 2.90 bits per heavy atom. The molecule has 1 amide bonds. The van der Waals surface area contributed by atoms with Gasteiger partial charge in [-0.25, -0.2) is 19.7 Å². The molecule has 2 N–H and O–H groups in total.